The molecule has 4 nitrogen and oxygen atoms in total. The van der Waals surface area contributed by atoms with Crippen LogP contribution in [-0.2, 0) is 4.74 Å². The summed E-state index contributed by atoms with van der Waals surface area (Å²) in [6.45, 7) is 5.35. The molecule has 0 aromatic heterocycles. The molecule has 0 heterocycles. The molecule has 4 heteroatoms. The minimum atomic E-state index is 0.0798. The van der Waals surface area contributed by atoms with E-state index in [1.54, 1.807) is 0 Å². The van der Waals surface area contributed by atoms with Crippen LogP contribution in [0.5, 0.6) is 5.75 Å². The third kappa shape index (κ3) is 6.94. The molecule has 0 aliphatic rings. The number of benzene rings is 1. The van der Waals surface area contributed by atoms with E-state index in [0.717, 1.165) is 18.8 Å². The zero-order chi connectivity index (χ0) is 12.3. The van der Waals surface area contributed by atoms with Gasteiger partial charge in [0.2, 0.25) is 0 Å². The van der Waals surface area contributed by atoms with Crippen molar-refractivity contribution in [3.05, 3.63) is 29.8 Å². The van der Waals surface area contributed by atoms with Gasteiger partial charge in [-0.15, -0.1) is 0 Å². The summed E-state index contributed by atoms with van der Waals surface area (Å²) in [4.78, 5) is 0. The summed E-state index contributed by atoms with van der Waals surface area (Å²) in [6, 6.07) is 8.01. The monoisotopic (exact) mass is 239 g/mol. The number of aryl methyl sites for hydroxylation is 1. The highest BCUT2D eigenvalue weighted by atomic mass is 16.5. The Morgan fingerprint density at radius 3 is 2.76 bits per heavy atom. The van der Waals surface area contributed by atoms with E-state index < -0.39 is 0 Å². The molecule has 0 atom stereocenters. The average Bonchev–Trinajstić information content (AvgIpc) is 2.33. The van der Waals surface area contributed by atoms with Crippen LogP contribution in [0, 0.1) is 6.92 Å². The lowest BCUT2D eigenvalue weighted by Gasteiger charge is -2.08. The van der Waals surface area contributed by atoms with Gasteiger partial charge in [-0.2, -0.15) is 0 Å². The summed E-state index contributed by atoms with van der Waals surface area (Å²) in [5, 5.41) is 11.7. The number of rotatable bonds is 9. The molecule has 1 aromatic carbocycles. The zero-order valence-corrected chi connectivity index (χ0v) is 10.3. The standard InChI is InChI=1S/C13H21NO3/c1-12-3-2-4-13(11-12)17-9-6-14-5-8-16-10-7-15/h2-4,11,14-15H,5-10H2,1H3. The van der Waals surface area contributed by atoms with E-state index in [-0.39, 0.29) is 6.61 Å². The van der Waals surface area contributed by atoms with Gasteiger partial charge in [-0.05, 0) is 24.6 Å². The van der Waals surface area contributed by atoms with E-state index >= 15 is 0 Å². The van der Waals surface area contributed by atoms with Gasteiger partial charge in [0.1, 0.15) is 12.4 Å². The third-order valence-corrected chi connectivity index (χ3v) is 2.20. The molecular formula is C13H21NO3. The molecule has 0 aliphatic carbocycles. The number of ether oxygens (including phenoxy) is 2. The van der Waals surface area contributed by atoms with E-state index in [1.165, 1.54) is 5.56 Å². The van der Waals surface area contributed by atoms with Gasteiger partial charge in [0.15, 0.2) is 0 Å². The Hall–Kier alpha value is -1.10. The van der Waals surface area contributed by atoms with Crippen LogP contribution in [0.2, 0.25) is 0 Å². The molecular weight excluding hydrogens is 218 g/mol. The van der Waals surface area contributed by atoms with Gasteiger partial charge in [-0.25, -0.2) is 0 Å². The quantitative estimate of drug-likeness (QED) is 0.631. The minimum absolute atomic E-state index is 0.0798. The predicted octanol–water partition coefficient (Wildman–Crippen LogP) is 0.972. The van der Waals surface area contributed by atoms with Crippen LogP contribution >= 0.6 is 0 Å². The van der Waals surface area contributed by atoms with E-state index in [0.29, 0.717) is 19.8 Å². The summed E-state index contributed by atoms with van der Waals surface area (Å²) in [6.07, 6.45) is 0. The van der Waals surface area contributed by atoms with Crippen LogP contribution in [0.4, 0.5) is 0 Å². The van der Waals surface area contributed by atoms with Crippen LogP contribution in [0.15, 0.2) is 24.3 Å². The first kappa shape index (κ1) is 14.0. The smallest absolute Gasteiger partial charge is 0.119 e. The Kier molecular flexibility index (Phi) is 7.38. The summed E-state index contributed by atoms with van der Waals surface area (Å²) < 4.78 is 10.7. The molecule has 0 fully saturated rings. The fraction of sp³-hybridized carbons (Fsp3) is 0.538. The Morgan fingerprint density at radius 1 is 1.18 bits per heavy atom. The maximum absolute atomic E-state index is 8.49. The third-order valence-electron chi connectivity index (χ3n) is 2.20. The summed E-state index contributed by atoms with van der Waals surface area (Å²) in [7, 11) is 0. The predicted molar refractivity (Wildman–Crippen MR) is 67.4 cm³/mol. The van der Waals surface area contributed by atoms with Crippen LogP contribution in [0.25, 0.3) is 0 Å². The Bertz CT molecular complexity index is 304. The number of nitrogens with one attached hydrogen (secondary N) is 1. The highest BCUT2D eigenvalue weighted by Gasteiger charge is 1.93. The van der Waals surface area contributed by atoms with Crippen molar-refractivity contribution in [3.63, 3.8) is 0 Å². The molecule has 1 aromatic rings. The highest BCUT2D eigenvalue weighted by Crippen LogP contribution is 2.11. The molecule has 17 heavy (non-hydrogen) atoms. The lowest BCUT2D eigenvalue weighted by molar-refractivity contribution is 0.0935. The Morgan fingerprint density at radius 2 is 2.00 bits per heavy atom. The lowest BCUT2D eigenvalue weighted by atomic mass is 10.2. The second-order valence-corrected chi connectivity index (χ2v) is 3.75. The molecule has 0 bridgehead atoms. The number of aliphatic hydroxyl groups excluding tert-OH is 1. The van der Waals surface area contributed by atoms with Crippen molar-refractivity contribution in [1.82, 2.24) is 5.32 Å². The van der Waals surface area contributed by atoms with Crippen LogP contribution in [0.1, 0.15) is 5.56 Å². The molecule has 0 radical (unpaired) electrons. The van der Waals surface area contributed by atoms with Crippen molar-refractivity contribution in [2.75, 3.05) is 39.5 Å². The average molecular weight is 239 g/mol. The van der Waals surface area contributed by atoms with Gasteiger partial charge in [-0.1, -0.05) is 12.1 Å². The lowest BCUT2D eigenvalue weighted by Crippen LogP contribution is -2.25. The molecule has 0 saturated heterocycles. The van der Waals surface area contributed by atoms with Crippen molar-refractivity contribution >= 4 is 0 Å². The fourth-order valence-electron chi connectivity index (χ4n) is 1.38. The van der Waals surface area contributed by atoms with E-state index in [4.69, 9.17) is 14.6 Å². The first-order valence-electron chi connectivity index (χ1n) is 5.91. The molecule has 2 N–H and O–H groups in total. The molecule has 1 rings (SSSR count). The molecule has 0 spiro atoms. The maximum atomic E-state index is 8.49. The van der Waals surface area contributed by atoms with Crippen LogP contribution in [-0.4, -0.2) is 44.6 Å². The van der Waals surface area contributed by atoms with Crippen molar-refractivity contribution in [1.29, 1.82) is 0 Å². The van der Waals surface area contributed by atoms with Gasteiger partial charge in [-0.3, -0.25) is 0 Å². The van der Waals surface area contributed by atoms with Gasteiger partial charge >= 0.3 is 0 Å². The second-order valence-electron chi connectivity index (χ2n) is 3.75. The van der Waals surface area contributed by atoms with Crippen molar-refractivity contribution in [2.45, 2.75) is 6.92 Å². The molecule has 0 aliphatic heterocycles. The maximum Gasteiger partial charge on any atom is 0.119 e. The SMILES string of the molecule is Cc1cccc(OCCNCCOCCO)c1. The Balaban J connectivity index is 1.97. The van der Waals surface area contributed by atoms with E-state index in [1.807, 2.05) is 31.2 Å². The zero-order valence-electron chi connectivity index (χ0n) is 10.3. The first-order valence-corrected chi connectivity index (χ1v) is 5.91. The second kappa shape index (κ2) is 8.98. The van der Waals surface area contributed by atoms with Crippen molar-refractivity contribution in [2.24, 2.45) is 0 Å². The van der Waals surface area contributed by atoms with Crippen LogP contribution in [0.3, 0.4) is 0 Å². The first-order chi connectivity index (χ1) is 8.33. The van der Waals surface area contributed by atoms with E-state index in [9.17, 15) is 0 Å². The minimum Gasteiger partial charge on any atom is -0.492 e. The molecule has 0 unspecified atom stereocenters. The normalized spacial score (nSPS) is 10.5. The van der Waals surface area contributed by atoms with Gasteiger partial charge < -0.3 is 19.9 Å². The summed E-state index contributed by atoms with van der Waals surface area (Å²) >= 11 is 0. The number of aliphatic hydroxyl groups is 1. The number of hydrogen-bond acceptors (Lipinski definition) is 4. The molecule has 0 amide bonds. The van der Waals surface area contributed by atoms with Crippen molar-refractivity contribution < 1.29 is 14.6 Å². The van der Waals surface area contributed by atoms with Gasteiger partial charge in [0, 0.05) is 13.1 Å². The fourth-order valence-corrected chi connectivity index (χ4v) is 1.38. The van der Waals surface area contributed by atoms with Gasteiger partial charge in [0.05, 0.1) is 19.8 Å². The topological polar surface area (TPSA) is 50.7 Å². The Labute approximate surface area is 103 Å². The summed E-state index contributed by atoms with van der Waals surface area (Å²) in [5.74, 6) is 0.906. The van der Waals surface area contributed by atoms with Gasteiger partial charge in [0.25, 0.3) is 0 Å². The molecule has 96 valence electrons. The van der Waals surface area contributed by atoms with E-state index in [2.05, 4.69) is 5.32 Å². The number of hydrogen-bond donors (Lipinski definition) is 2. The highest BCUT2D eigenvalue weighted by molar-refractivity contribution is 5.27. The summed E-state index contributed by atoms with van der Waals surface area (Å²) in [5.41, 5.74) is 1.20. The van der Waals surface area contributed by atoms with Crippen LogP contribution < -0.4 is 10.1 Å². The van der Waals surface area contributed by atoms with Crippen molar-refractivity contribution in [3.8, 4) is 5.75 Å². The largest absolute Gasteiger partial charge is 0.492 e. The molecule has 0 saturated carbocycles.